The van der Waals surface area contributed by atoms with Crippen LogP contribution in [-0.2, 0) is 10.0 Å². The maximum Gasteiger partial charge on any atom is 0.215 e. The van der Waals surface area contributed by atoms with E-state index in [1.54, 1.807) is 24.3 Å². The van der Waals surface area contributed by atoms with Gasteiger partial charge in [-0.1, -0.05) is 11.6 Å². The summed E-state index contributed by atoms with van der Waals surface area (Å²) in [5, 5.41) is 0. The Morgan fingerprint density at radius 1 is 1.32 bits per heavy atom. The normalized spacial score (nSPS) is 11.1. The second-order valence-electron chi connectivity index (χ2n) is 4.37. The molecule has 0 bridgehead atoms. The van der Waals surface area contributed by atoms with Gasteiger partial charge in [0.2, 0.25) is 10.0 Å². The molecule has 3 N–H and O–H groups in total. The van der Waals surface area contributed by atoms with Crippen molar-refractivity contribution in [2.45, 2.75) is 13.8 Å². The number of sulfonamides is 1. The molecule has 6 heteroatoms. The first-order valence-electron chi connectivity index (χ1n) is 5.98. The van der Waals surface area contributed by atoms with E-state index in [0.29, 0.717) is 18.0 Å². The van der Waals surface area contributed by atoms with Gasteiger partial charge in [0.25, 0.3) is 0 Å². The van der Waals surface area contributed by atoms with Crippen LogP contribution in [0, 0.1) is 0 Å². The first-order valence-corrected chi connectivity index (χ1v) is 7.63. The van der Waals surface area contributed by atoms with Crippen molar-refractivity contribution in [1.29, 1.82) is 0 Å². The summed E-state index contributed by atoms with van der Waals surface area (Å²) >= 11 is 0. The number of nitrogens with one attached hydrogen (secondary N) is 1. The van der Waals surface area contributed by atoms with Crippen LogP contribution in [0.25, 0.3) is 0 Å². The number of nitrogens with two attached hydrogens (primary N) is 1. The van der Waals surface area contributed by atoms with E-state index in [4.69, 9.17) is 10.5 Å². The molecule has 0 aliphatic rings. The van der Waals surface area contributed by atoms with Crippen LogP contribution in [0.5, 0.6) is 5.75 Å². The van der Waals surface area contributed by atoms with Crippen LogP contribution in [0.15, 0.2) is 35.9 Å². The van der Waals surface area contributed by atoms with Crippen LogP contribution in [0.4, 0.5) is 5.69 Å². The van der Waals surface area contributed by atoms with E-state index in [-0.39, 0.29) is 12.4 Å². The molecule has 0 aromatic heterocycles. The zero-order valence-corrected chi connectivity index (χ0v) is 12.0. The van der Waals surface area contributed by atoms with Crippen molar-refractivity contribution in [1.82, 2.24) is 4.72 Å². The molecule has 19 heavy (non-hydrogen) atoms. The van der Waals surface area contributed by atoms with Gasteiger partial charge in [-0.05, 0) is 38.1 Å². The molecule has 0 spiro atoms. The summed E-state index contributed by atoms with van der Waals surface area (Å²) in [4.78, 5) is 0. The van der Waals surface area contributed by atoms with Gasteiger partial charge in [-0.15, -0.1) is 0 Å². The van der Waals surface area contributed by atoms with E-state index in [0.717, 1.165) is 5.57 Å². The Labute approximate surface area is 114 Å². The average Bonchev–Trinajstić information content (AvgIpc) is 2.30. The zero-order valence-electron chi connectivity index (χ0n) is 11.2. The van der Waals surface area contributed by atoms with Gasteiger partial charge in [0.1, 0.15) is 12.4 Å². The summed E-state index contributed by atoms with van der Waals surface area (Å²) in [5.41, 5.74) is 7.25. The molecule has 106 valence electrons. The summed E-state index contributed by atoms with van der Waals surface area (Å²) in [6, 6.07) is 6.82. The van der Waals surface area contributed by atoms with Gasteiger partial charge in [-0.25, -0.2) is 13.1 Å². The van der Waals surface area contributed by atoms with Crippen LogP contribution >= 0.6 is 0 Å². The lowest BCUT2D eigenvalue weighted by Crippen LogP contribution is -2.29. The maximum absolute atomic E-state index is 11.6. The summed E-state index contributed by atoms with van der Waals surface area (Å²) in [5.74, 6) is 0.530. The van der Waals surface area contributed by atoms with Crippen LogP contribution in [0.1, 0.15) is 13.8 Å². The van der Waals surface area contributed by atoms with Crippen molar-refractivity contribution < 1.29 is 13.2 Å². The number of rotatable bonds is 7. The topological polar surface area (TPSA) is 81.4 Å². The quantitative estimate of drug-likeness (QED) is 0.588. The van der Waals surface area contributed by atoms with Gasteiger partial charge in [0.15, 0.2) is 0 Å². The second-order valence-corrected chi connectivity index (χ2v) is 6.29. The summed E-state index contributed by atoms with van der Waals surface area (Å²) in [6.45, 7) is 4.25. The highest BCUT2D eigenvalue weighted by Gasteiger charge is 2.08. The van der Waals surface area contributed by atoms with Gasteiger partial charge >= 0.3 is 0 Å². The van der Waals surface area contributed by atoms with E-state index in [9.17, 15) is 8.42 Å². The average molecular weight is 284 g/mol. The first kappa shape index (κ1) is 15.5. The van der Waals surface area contributed by atoms with Crippen LogP contribution in [0.2, 0.25) is 0 Å². The smallest absolute Gasteiger partial charge is 0.215 e. The molecule has 5 nitrogen and oxygen atoms in total. The third kappa shape index (κ3) is 6.83. The first-order chi connectivity index (χ1) is 8.89. The highest BCUT2D eigenvalue weighted by molar-refractivity contribution is 7.89. The van der Waals surface area contributed by atoms with Crippen molar-refractivity contribution >= 4 is 15.7 Å². The molecule has 0 saturated carbocycles. The molecule has 0 amide bonds. The standard InChI is InChI=1S/C13H20N2O3S/c1-11(2)7-8-15-19(16,17)10-9-18-13-5-3-12(14)4-6-13/h3-7,15H,8-10,14H2,1-2H3. The molecular formula is C13H20N2O3S. The largest absolute Gasteiger partial charge is 0.492 e. The van der Waals surface area contributed by atoms with E-state index in [1.807, 2.05) is 19.9 Å². The maximum atomic E-state index is 11.6. The van der Waals surface area contributed by atoms with Gasteiger partial charge in [0.05, 0.1) is 5.75 Å². The Balaban J connectivity index is 2.35. The van der Waals surface area contributed by atoms with Crippen LogP contribution in [-0.4, -0.2) is 27.3 Å². The van der Waals surface area contributed by atoms with Gasteiger partial charge in [-0.2, -0.15) is 0 Å². The molecule has 0 aliphatic carbocycles. The molecule has 0 unspecified atom stereocenters. The molecule has 1 aromatic rings. The van der Waals surface area contributed by atoms with Crippen molar-refractivity contribution in [2.24, 2.45) is 0 Å². The minimum atomic E-state index is -3.30. The lowest BCUT2D eigenvalue weighted by Gasteiger charge is -2.07. The predicted octanol–water partition coefficient (Wildman–Crippen LogP) is 1.53. The van der Waals surface area contributed by atoms with Crippen LogP contribution < -0.4 is 15.2 Å². The minimum absolute atomic E-state index is 0.0754. The van der Waals surface area contributed by atoms with Crippen molar-refractivity contribution in [3.05, 3.63) is 35.9 Å². The molecule has 0 aliphatic heterocycles. The fraction of sp³-hybridized carbons (Fsp3) is 0.385. The Bertz CT molecular complexity index is 517. The molecule has 0 heterocycles. The predicted molar refractivity (Wildman–Crippen MR) is 77.6 cm³/mol. The van der Waals surface area contributed by atoms with E-state index in [2.05, 4.69) is 4.72 Å². The molecule has 0 saturated heterocycles. The molecule has 0 atom stereocenters. The highest BCUT2D eigenvalue weighted by Crippen LogP contribution is 2.12. The highest BCUT2D eigenvalue weighted by atomic mass is 32.2. The van der Waals surface area contributed by atoms with E-state index in [1.165, 1.54) is 0 Å². The van der Waals surface area contributed by atoms with Crippen molar-refractivity contribution in [3.8, 4) is 5.75 Å². The molecule has 1 aromatic carbocycles. The number of benzene rings is 1. The number of ether oxygens (including phenoxy) is 1. The number of nitrogen functional groups attached to an aromatic ring is 1. The van der Waals surface area contributed by atoms with Crippen molar-refractivity contribution in [3.63, 3.8) is 0 Å². The van der Waals surface area contributed by atoms with E-state index >= 15 is 0 Å². The fourth-order valence-corrected chi connectivity index (χ4v) is 2.06. The van der Waals surface area contributed by atoms with E-state index < -0.39 is 10.0 Å². The lowest BCUT2D eigenvalue weighted by molar-refractivity contribution is 0.340. The van der Waals surface area contributed by atoms with Crippen LogP contribution in [0.3, 0.4) is 0 Å². The number of hydrogen-bond acceptors (Lipinski definition) is 4. The monoisotopic (exact) mass is 284 g/mol. The summed E-state index contributed by atoms with van der Waals surface area (Å²) < 4.78 is 31.0. The third-order valence-electron chi connectivity index (χ3n) is 2.31. The van der Waals surface area contributed by atoms with Gasteiger partial charge in [0, 0.05) is 12.2 Å². The fourth-order valence-electron chi connectivity index (χ4n) is 1.28. The summed E-state index contributed by atoms with van der Waals surface area (Å²) in [7, 11) is -3.30. The third-order valence-corrected chi connectivity index (χ3v) is 3.63. The Morgan fingerprint density at radius 3 is 2.53 bits per heavy atom. The number of allylic oxidation sites excluding steroid dienone is 1. The SMILES string of the molecule is CC(C)=CCNS(=O)(=O)CCOc1ccc(N)cc1. The molecule has 1 rings (SSSR count). The number of hydrogen-bond donors (Lipinski definition) is 2. The zero-order chi connectivity index (χ0) is 14.3. The van der Waals surface area contributed by atoms with Gasteiger partial charge in [-0.3, -0.25) is 0 Å². The second kappa shape index (κ2) is 7.16. The molecule has 0 radical (unpaired) electrons. The van der Waals surface area contributed by atoms with Crippen molar-refractivity contribution in [2.75, 3.05) is 24.6 Å². The summed E-state index contributed by atoms with van der Waals surface area (Å²) in [6.07, 6.45) is 1.82. The lowest BCUT2D eigenvalue weighted by atomic mass is 10.3. The molecular weight excluding hydrogens is 264 g/mol. The number of anilines is 1. The molecule has 0 fully saturated rings. The minimum Gasteiger partial charge on any atom is -0.492 e. The van der Waals surface area contributed by atoms with Gasteiger partial charge < -0.3 is 10.5 Å². The Hall–Kier alpha value is -1.53. The Morgan fingerprint density at radius 2 is 1.95 bits per heavy atom. The Kier molecular flexibility index (Phi) is 5.85.